The molecule has 1 rings (SSSR count). The van der Waals surface area contributed by atoms with E-state index >= 15 is 0 Å². The molecule has 8 heteroatoms. The van der Waals surface area contributed by atoms with Crippen LogP contribution in [0.15, 0.2) is 14.7 Å². The van der Waals surface area contributed by atoms with Crippen molar-refractivity contribution in [3.8, 4) is 0 Å². The predicted molar refractivity (Wildman–Crippen MR) is 74.3 cm³/mol. The molecule has 0 aliphatic rings. The number of thiophene rings is 1. The number of methoxy groups -OCH3 is 2. The van der Waals surface area contributed by atoms with E-state index in [1.165, 1.54) is 25.6 Å². The maximum Gasteiger partial charge on any atom is 0.242 e. The van der Waals surface area contributed by atoms with Crippen LogP contribution in [0.4, 0.5) is 0 Å². The van der Waals surface area contributed by atoms with E-state index in [9.17, 15) is 8.42 Å². The van der Waals surface area contributed by atoms with Gasteiger partial charge in [-0.25, -0.2) is 13.1 Å². The van der Waals surface area contributed by atoms with Gasteiger partial charge in [0.1, 0.15) is 0 Å². The van der Waals surface area contributed by atoms with Gasteiger partial charge in [-0.05, 0) is 35.8 Å². The molecule has 1 aromatic rings. The van der Waals surface area contributed by atoms with Gasteiger partial charge in [-0.2, -0.15) is 0 Å². The Bertz CT molecular complexity index is 496. The standard InChI is InChI=1S/C10H16BrNO4S2/c1-6(10(15-3)16-4)12-18(13,14)8-5-9(11)17-7(8)2/h5-6,10,12H,1-4H3. The molecule has 0 aliphatic carbocycles. The molecule has 5 nitrogen and oxygen atoms in total. The predicted octanol–water partition coefficient (Wildman–Crippen LogP) is 2.10. The van der Waals surface area contributed by atoms with Crippen molar-refractivity contribution in [2.24, 2.45) is 0 Å². The van der Waals surface area contributed by atoms with E-state index in [1.807, 2.05) is 0 Å². The fourth-order valence-electron chi connectivity index (χ4n) is 1.57. The highest BCUT2D eigenvalue weighted by Crippen LogP contribution is 2.29. The molecule has 1 heterocycles. The third kappa shape index (κ3) is 3.75. The summed E-state index contributed by atoms with van der Waals surface area (Å²) in [6.45, 7) is 3.45. The van der Waals surface area contributed by atoms with E-state index in [0.717, 1.165) is 8.66 Å². The van der Waals surface area contributed by atoms with Crippen LogP contribution in [-0.2, 0) is 19.5 Å². The van der Waals surface area contributed by atoms with Crippen molar-refractivity contribution in [1.82, 2.24) is 4.72 Å². The fourth-order valence-corrected chi connectivity index (χ4v) is 5.21. The number of hydrogen-bond acceptors (Lipinski definition) is 5. The van der Waals surface area contributed by atoms with Crippen LogP contribution in [0.5, 0.6) is 0 Å². The second-order valence-electron chi connectivity index (χ2n) is 3.72. The Labute approximate surface area is 120 Å². The van der Waals surface area contributed by atoms with Crippen LogP contribution < -0.4 is 4.72 Å². The summed E-state index contributed by atoms with van der Waals surface area (Å²) in [7, 11) is -0.637. The Balaban J connectivity index is 2.92. The summed E-state index contributed by atoms with van der Waals surface area (Å²) in [5.74, 6) is 0. The highest BCUT2D eigenvalue weighted by Gasteiger charge is 2.25. The van der Waals surface area contributed by atoms with Crippen LogP contribution in [0.25, 0.3) is 0 Å². The van der Waals surface area contributed by atoms with Gasteiger partial charge in [-0.1, -0.05) is 0 Å². The van der Waals surface area contributed by atoms with E-state index in [4.69, 9.17) is 9.47 Å². The first-order valence-electron chi connectivity index (χ1n) is 5.15. The van der Waals surface area contributed by atoms with Crippen LogP contribution in [0.1, 0.15) is 11.8 Å². The van der Waals surface area contributed by atoms with Crippen molar-refractivity contribution >= 4 is 37.3 Å². The van der Waals surface area contributed by atoms with E-state index in [-0.39, 0.29) is 4.90 Å². The Morgan fingerprint density at radius 2 is 1.94 bits per heavy atom. The maximum atomic E-state index is 12.2. The minimum absolute atomic E-state index is 0.275. The zero-order valence-corrected chi connectivity index (χ0v) is 13.8. The zero-order valence-electron chi connectivity index (χ0n) is 10.6. The molecule has 1 unspecified atom stereocenters. The lowest BCUT2D eigenvalue weighted by Gasteiger charge is -2.21. The summed E-state index contributed by atoms with van der Waals surface area (Å²) in [6.07, 6.45) is -0.623. The smallest absolute Gasteiger partial charge is 0.242 e. The maximum absolute atomic E-state index is 12.2. The molecule has 18 heavy (non-hydrogen) atoms. The first kappa shape index (κ1) is 16.1. The number of nitrogens with one attached hydrogen (secondary N) is 1. The van der Waals surface area contributed by atoms with Gasteiger partial charge >= 0.3 is 0 Å². The number of hydrogen-bond donors (Lipinski definition) is 1. The van der Waals surface area contributed by atoms with E-state index < -0.39 is 22.4 Å². The van der Waals surface area contributed by atoms with Crippen molar-refractivity contribution < 1.29 is 17.9 Å². The third-order valence-electron chi connectivity index (χ3n) is 2.35. The minimum Gasteiger partial charge on any atom is -0.354 e. The largest absolute Gasteiger partial charge is 0.354 e. The molecule has 0 saturated carbocycles. The van der Waals surface area contributed by atoms with Gasteiger partial charge in [-0.15, -0.1) is 11.3 Å². The van der Waals surface area contributed by atoms with Crippen molar-refractivity contribution in [2.45, 2.75) is 31.1 Å². The summed E-state index contributed by atoms with van der Waals surface area (Å²) in [5, 5.41) is 0. The summed E-state index contributed by atoms with van der Waals surface area (Å²) < 4.78 is 37.7. The van der Waals surface area contributed by atoms with Gasteiger partial charge in [0.05, 0.1) is 14.7 Å². The van der Waals surface area contributed by atoms with E-state index in [2.05, 4.69) is 20.7 Å². The molecular formula is C10H16BrNO4S2. The van der Waals surface area contributed by atoms with Crippen molar-refractivity contribution in [3.63, 3.8) is 0 Å². The monoisotopic (exact) mass is 357 g/mol. The highest BCUT2D eigenvalue weighted by atomic mass is 79.9. The van der Waals surface area contributed by atoms with Crippen molar-refractivity contribution in [3.05, 3.63) is 14.7 Å². The van der Waals surface area contributed by atoms with Crippen LogP contribution >= 0.6 is 27.3 Å². The van der Waals surface area contributed by atoms with Crippen molar-refractivity contribution in [2.75, 3.05) is 14.2 Å². The van der Waals surface area contributed by atoms with Crippen molar-refractivity contribution in [1.29, 1.82) is 0 Å². The quantitative estimate of drug-likeness (QED) is 0.791. The summed E-state index contributed by atoms with van der Waals surface area (Å²) in [6, 6.07) is 1.10. The average Bonchev–Trinajstić information content (AvgIpc) is 2.59. The molecular weight excluding hydrogens is 342 g/mol. The highest BCUT2D eigenvalue weighted by molar-refractivity contribution is 9.11. The molecule has 0 amide bonds. The van der Waals surface area contributed by atoms with Gasteiger partial charge in [0.25, 0.3) is 0 Å². The van der Waals surface area contributed by atoms with Gasteiger partial charge in [0.15, 0.2) is 6.29 Å². The number of rotatable bonds is 6. The molecule has 0 spiro atoms. The minimum atomic E-state index is -3.56. The lowest BCUT2D eigenvalue weighted by molar-refractivity contribution is -0.115. The third-order valence-corrected chi connectivity index (χ3v) is 5.71. The number of aryl methyl sites for hydroxylation is 1. The molecule has 0 aliphatic heterocycles. The fraction of sp³-hybridized carbons (Fsp3) is 0.600. The molecule has 0 bridgehead atoms. The molecule has 104 valence electrons. The number of ether oxygens (including phenoxy) is 2. The molecule has 0 fully saturated rings. The van der Waals surface area contributed by atoms with Gasteiger partial charge in [0, 0.05) is 19.1 Å². The first-order valence-corrected chi connectivity index (χ1v) is 8.25. The lowest BCUT2D eigenvalue weighted by atomic mass is 10.3. The zero-order chi connectivity index (χ0) is 13.9. The first-order chi connectivity index (χ1) is 8.31. The Morgan fingerprint density at radius 3 is 2.33 bits per heavy atom. The summed E-state index contributed by atoms with van der Waals surface area (Å²) >= 11 is 4.65. The number of halogens is 1. The van der Waals surface area contributed by atoms with Gasteiger partial charge in [-0.3, -0.25) is 0 Å². The molecule has 1 N–H and O–H groups in total. The molecule has 0 aromatic carbocycles. The van der Waals surface area contributed by atoms with Gasteiger partial charge < -0.3 is 9.47 Å². The van der Waals surface area contributed by atoms with Crippen LogP contribution in [0.2, 0.25) is 0 Å². The Kier molecular flexibility index (Phi) is 5.75. The van der Waals surface area contributed by atoms with Crippen LogP contribution in [0, 0.1) is 6.92 Å². The Morgan fingerprint density at radius 1 is 1.39 bits per heavy atom. The topological polar surface area (TPSA) is 64.6 Å². The van der Waals surface area contributed by atoms with Crippen LogP contribution in [-0.4, -0.2) is 35.0 Å². The molecule has 0 saturated heterocycles. The van der Waals surface area contributed by atoms with E-state index in [1.54, 1.807) is 19.9 Å². The van der Waals surface area contributed by atoms with Gasteiger partial charge in [0.2, 0.25) is 10.0 Å². The second-order valence-corrected chi connectivity index (χ2v) is 8.04. The normalized spacial score (nSPS) is 14.1. The Hall–Kier alpha value is 0.01000. The molecule has 0 radical (unpaired) electrons. The van der Waals surface area contributed by atoms with Crippen LogP contribution in [0.3, 0.4) is 0 Å². The second kappa shape index (κ2) is 6.44. The SMILES string of the molecule is COC(OC)C(C)NS(=O)(=O)c1cc(Br)sc1C. The average molecular weight is 358 g/mol. The summed E-state index contributed by atoms with van der Waals surface area (Å²) in [4.78, 5) is 1.00. The molecule has 1 aromatic heterocycles. The molecule has 1 atom stereocenters. The number of sulfonamides is 1. The lowest BCUT2D eigenvalue weighted by Crippen LogP contribution is -2.42. The summed E-state index contributed by atoms with van der Waals surface area (Å²) in [5.41, 5.74) is 0. The van der Waals surface area contributed by atoms with E-state index in [0.29, 0.717) is 0 Å².